The van der Waals surface area contributed by atoms with Crippen molar-refractivity contribution in [3.8, 4) is 17.6 Å². The van der Waals surface area contributed by atoms with Gasteiger partial charge in [-0.3, -0.25) is 0 Å². The molecule has 114 valence electrons. The number of hydrogen-bond acceptors (Lipinski definition) is 3. The van der Waals surface area contributed by atoms with Gasteiger partial charge in [-0.25, -0.2) is 4.39 Å². The molecular formula is C17H21FO3. The number of aliphatic hydroxyl groups is 1. The molecule has 1 aliphatic heterocycles. The Morgan fingerprint density at radius 3 is 2.57 bits per heavy atom. The van der Waals surface area contributed by atoms with Crippen LogP contribution in [0.4, 0.5) is 4.39 Å². The average molecular weight is 292 g/mol. The molecule has 1 aromatic rings. The third-order valence-corrected chi connectivity index (χ3v) is 3.47. The Labute approximate surface area is 125 Å². The summed E-state index contributed by atoms with van der Waals surface area (Å²) in [6.45, 7) is 0.361. The van der Waals surface area contributed by atoms with Gasteiger partial charge < -0.3 is 14.6 Å². The third kappa shape index (κ3) is 5.74. The van der Waals surface area contributed by atoms with E-state index in [1.807, 2.05) is 0 Å². The van der Waals surface area contributed by atoms with Crippen molar-refractivity contribution in [2.45, 2.75) is 44.3 Å². The van der Waals surface area contributed by atoms with E-state index in [-0.39, 0.29) is 24.6 Å². The molecule has 0 aromatic heterocycles. The molecule has 21 heavy (non-hydrogen) atoms. The van der Waals surface area contributed by atoms with Crippen LogP contribution in [-0.4, -0.2) is 30.5 Å². The number of hydrogen-bond donors (Lipinski definition) is 1. The van der Waals surface area contributed by atoms with Crippen molar-refractivity contribution in [1.82, 2.24) is 0 Å². The summed E-state index contributed by atoms with van der Waals surface area (Å²) in [4.78, 5) is 0. The number of benzene rings is 1. The molecule has 1 fully saturated rings. The Hall–Kier alpha value is -1.57. The van der Waals surface area contributed by atoms with E-state index >= 15 is 0 Å². The van der Waals surface area contributed by atoms with E-state index in [0.29, 0.717) is 18.8 Å². The molecule has 1 heterocycles. The molecule has 0 unspecified atom stereocenters. The van der Waals surface area contributed by atoms with E-state index < -0.39 is 0 Å². The molecule has 0 amide bonds. The largest absolute Gasteiger partial charge is 0.491 e. The van der Waals surface area contributed by atoms with Gasteiger partial charge in [0.15, 0.2) is 0 Å². The summed E-state index contributed by atoms with van der Waals surface area (Å²) in [5.41, 5.74) is 0. The number of aliphatic hydroxyl groups excluding tert-OH is 1. The molecule has 1 aliphatic rings. The third-order valence-electron chi connectivity index (χ3n) is 3.47. The Balaban J connectivity index is 1.82. The highest BCUT2D eigenvalue weighted by Crippen LogP contribution is 2.21. The molecule has 2 rings (SSSR count). The minimum Gasteiger partial charge on any atom is -0.491 e. The molecule has 1 saturated heterocycles. The second-order valence-corrected chi connectivity index (χ2v) is 5.15. The van der Waals surface area contributed by atoms with Gasteiger partial charge in [0.1, 0.15) is 24.8 Å². The predicted molar refractivity (Wildman–Crippen MR) is 78.5 cm³/mol. The van der Waals surface area contributed by atoms with Crippen molar-refractivity contribution >= 4 is 0 Å². The SMILES string of the molecule is OCC#CC[C@@H]1CCCC[C@@H](COc2ccc(F)cc2)O1. The van der Waals surface area contributed by atoms with Crippen LogP contribution in [0.5, 0.6) is 5.75 Å². The van der Waals surface area contributed by atoms with Crippen molar-refractivity contribution in [3.63, 3.8) is 0 Å². The van der Waals surface area contributed by atoms with Gasteiger partial charge in [0.05, 0.1) is 12.2 Å². The first-order chi connectivity index (χ1) is 10.3. The smallest absolute Gasteiger partial charge is 0.123 e. The highest BCUT2D eigenvalue weighted by Gasteiger charge is 2.20. The molecule has 0 radical (unpaired) electrons. The maximum absolute atomic E-state index is 12.8. The second kappa shape index (κ2) is 8.66. The number of halogens is 1. The summed E-state index contributed by atoms with van der Waals surface area (Å²) in [5.74, 6) is 5.96. The molecule has 0 aliphatic carbocycles. The Morgan fingerprint density at radius 1 is 1.14 bits per heavy atom. The van der Waals surface area contributed by atoms with Crippen LogP contribution in [0.2, 0.25) is 0 Å². The zero-order valence-corrected chi connectivity index (χ0v) is 12.1. The molecule has 4 heteroatoms. The van der Waals surface area contributed by atoms with Gasteiger partial charge in [-0.15, -0.1) is 0 Å². The summed E-state index contributed by atoms with van der Waals surface area (Å²) in [7, 11) is 0. The molecule has 0 spiro atoms. The summed E-state index contributed by atoms with van der Waals surface area (Å²) >= 11 is 0. The number of rotatable bonds is 4. The lowest BCUT2D eigenvalue weighted by molar-refractivity contribution is -0.0275. The standard InChI is InChI=1S/C17H21FO3/c18-14-8-10-15(11-9-14)20-13-17-7-2-1-5-16(21-17)6-3-4-12-19/h8-11,16-17,19H,1-2,5-7,12-13H2/t16-,17-/m0/s1. The van der Waals surface area contributed by atoms with Gasteiger partial charge in [0.2, 0.25) is 0 Å². The summed E-state index contributed by atoms with van der Waals surface area (Å²) in [6.07, 6.45) is 4.98. The predicted octanol–water partition coefficient (Wildman–Crippen LogP) is 2.92. The van der Waals surface area contributed by atoms with Crippen LogP contribution in [0.3, 0.4) is 0 Å². The monoisotopic (exact) mass is 292 g/mol. The molecule has 1 N–H and O–H groups in total. The lowest BCUT2D eigenvalue weighted by atomic mass is 10.1. The van der Waals surface area contributed by atoms with Gasteiger partial charge >= 0.3 is 0 Å². The van der Waals surface area contributed by atoms with Crippen LogP contribution in [0, 0.1) is 17.7 Å². The van der Waals surface area contributed by atoms with Gasteiger partial charge in [0.25, 0.3) is 0 Å². The highest BCUT2D eigenvalue weighted by atomic mass is 19.1. The Bertz CT molecular complexity index is 475. The molecule has 0 bridgehead atoms. The minimum absolute atomic E-state index is 0.0403. The van der Waals surface area contributed by atoms with Crippen LogP contribution >= 0.6 is 0 Å². The van der Waals surface area contributed by atoms with Crippen LogP contribution in [0.15, 0.2) is 24.3 Å². The maximum Gasteiger partial charge on any atom is 0.123 e. The van der Waals surface area contributed by atoms with Gasteiger partial charge in [-0.05, 0) is 37.1 Å². The fourth-order valence-corrected chi connectivity index (χ4v) is 2.39. The second-order valence-electron chi connectivity index (χ2n) is 5.15. The van der Waals surface area contributed by atoms with Crippen LogP contribution in [-0.2, 0) is 4.74 Å². The zero-order chi connectivity index (χ0) is 14.9. The Morgan fingerprint density at radius 2 is 1.86 bits per heavy atom. The van der Waals surface area contributed by atoms with Gasteiger partial charge in [-0.2, -0.15) is 0 Å². The van der Waals surface area contributed by atoms with Crippen molar-refractivity contribution < 1.29 is 19.0 Å². The number of ether oxygens (including phenoxy) is 2. The minimum atomic E-state index is -0.268. The van der Waals surface area contributed by atoms with E-state index in [0.717, 1.165) is 25.7 Å². The van der Waals surface area contributed by atoms with E-state index in [9.17, 15) is 4.39 Å². The fourth-order valence-electron chi connectivity index (χ4n) is 2.39. The summed E-state index contributed by atoms with van der Waals surface area (Å²) < 4.78 is 24.5. The zero-order valence-electron chi connectivity index (χ0n) is 12.1. The van der Waals surface area contributed by atoms with Crippen molar-refractivity contribution in [2.75, 3.05) is 13.2 Å². The fraction of sp³-hybridized carbons (Fsp3) is 0.529. The van der Waals surface area contributed by atoms with E-state index in [4.69, 9.17) is 14.6 Å². The molecule has 1 aromatic carbocycles. The average Bonchev–Trinajstić information content (AvgIpc) is 2.72. The van der Waals surface area contributed by atoms with Crippen LogP contribution in [0.25, 0.3) is 0 Å². The normalized spacial score (nSPS) is 22.0. The molecule has 2 atom stereocenters. The topological polar surface area (TPSA) is 38.7 Å². The summed E-state index contributed by atoms with van der Waals surface area (Å²) in [6, 6.07) is 6.01. The van der Waals surface area contributed by atoms with Gasteiger partial charge in [-0.1, -0.05) is 24.7 Å². The first-order valence-electron chi connectivity index (χ1n) is 7.38. The van der Waals surface area contributed by atoms with E-state index in [1.165, 1.54) is 12.1 Å². The van der Waals surface area contributed by atoms with E-state index in [1.54, 1.807) is 12.1 Å². The Kier molecular flexibility index (Phi) is 6.52. The lowest BCUT2D eigenvalue weighted by Crippen LogP contribution is -2.25. The van der Waals surface area contributed by atoms with Crippen molar-refractivity contribution in [2.24, 2.45) is 0 Å². The first-order valence-corrected chi connectivity index (χ1v) is 7.38. The molecule has 3 nitrogen and oxygen atoms in total. The molecular weight excluding hydrogens is 271 g/mol. The first kappa shape index (κ1) is 15.8. The van der Waals surface area contributed by atoms with Crippen molar-refractivity contribution in [3.05, 3.63) is 30.1 Å². The highest BCUT2D eigenvalue weighted by molar-refractivity contribution is 5.22. The van der Waals surface area contributed by atoms with Crippen LogP contribution in [0.1, 0.15) is 32.1 Å². The summed E-state index contributed by atoms with van der Waals surface area (Å²) in [5, 5.41) is 8.67. The van der Waals surface area contributed by atoms with Crippen molar-refractivity contribution in [1.29, 1.82) is 0 Å². The maximum atomic E-state index is 12.8. The van der Waals surface area contributed by atoms with Crippen LogP contribution < -0.4 is 4.74 Å². The van der Waals surface area contributed by atoms with Gasteiger partial charge in [0, 0.05) is 6.42 Å². The molecule has 0 saturated carbocycles. The lowest BCUT2D eigenvalue weighted by Gasteiger charge is -2.20. The van der Waals surface area contributed by atoms with E-state index in [2.05, 4.69) is 11.8 Å². The quantitative estimate of drug-likeness (QED) is 0.867.